The van der Waals surface area contributed by atoms with Gasteiger partial charge in [0.2, 0.25) is 11.7 Å². The van der Waals surface area contributed by atoms with E-state index in [9.17, 15) is 13.6 Å². The van der Waals surface area contributed by atoms with E-state index in [1.807, 2.05) is 0 Å². The Morgan fingerprint density at radius 1 is 1.23 bits per heavy atom. The third-order valence-electron chi connectivity index (χ3n) is 4.75. The third kappa shape index (κ3) is 3.91. The molecule has 0 spiro atoms. The van der Waals surface area contributed by atoms with E-state index in [0.717, 1.165) is 12.1 Å². The molecule has 0 aliphatic rings. The van der Waals surface area contributed by atoms with Gasteiger partial charge in [-0.2, -0.15) is 10.1 Å². The first kappa shape index (κ1) is 20.3. The zero-order chi connectivity index (χ0) is 22.1. The molecule has 0 unspecified atom stereocenters. The fourth-order valence-electron chi connectivity index (χ4n) is 3.24. The Bertz CT molecular complexity index is 1250. The van der Waals surface area contributed by atoms with Gasteiger partial charge in [-0.25, -0.2) is 13.5 Å². The minimum absolute atomic E-state index is 0.0571. The van der Waals surface area contributed by atoms with Crippen molar-refractivity contribution in [2.24, 2.45) is 0 Å². The van der Waals surface area contributed by atoms with E-state index >= 15 is 0 Å². The Labute approximate surface area is 176 Å². The Morgan fingerprint density at radius 2 is 2.03 bits per heavy atom. The highest BCUT2D eigenvalue weighted by Gasteiger charge is 2.24. The summed E-state index contributed by atoms with van der Waals surface area (Å²) in [5.74, 6) is -1.18. The molecule has 158 valence electrons. The van der Waals surface area contributed by atoms with Crippen LogP contribution in [-0.4, -0.2) is 42.8 Å². The molecule has 0 fully saturated rings. The molecule has 8 nitrogen and oxygen atoms in total. The zero-order valence-electron chi connectivity index (χ0n) is 17.0. The second-order valence-corrected chi connectivity index (χ2v) is 6.97. The van der Waals surface area contributed by atoms with E-state index in [1.54, 1.807) is 45.4 Å². The normalized spacial score (nSPS) is 11.0. The highest BCUT2D eigenvalue weighted by atomic mass is 19.1. The van der Waals surface area contributed by atoms with Crippen molar-refractivity contribution in [2.45, 2.75) is 20.4 Å². The fraction of sp³-hybridized carbons (Fsp3) is 0.190. The van der Waals surface area contributed by atoms with Gasteiger partial charge in [0, 0.05) is 31.1 Å². The van der Waals surface area contributed by atoms with Crippen LogP contribution in [-0.2, 0) is 6.54 Å². The Morgan fingerprint density at radius 3 is 2.74 bits per heavy atom. The van der Waals surface area contributed by atoms with Gasteiger partial charge in [0.1, 0.15) is 18.0 Å². The molecule has 3 aromatic heterocycles. The van der Waals surface area contributed by atoms with E-state index in [1.165, 1.54) is 15.6 Å². The molecular formula is C21H18F2N6O2. The van der Waals surface area contributed by atoms with Crippen LogP contribution in [0.4, 0.5) is 8.78 Å². The first-order valence-corrected chi connectivity index (χ1v) is 9.35. The maximum atomic E-state index is 14.2. The molecule has 0 radical (unpaired) electrons. The molecule has 0 saturated heterocycles. The number of aryl methyl sites for hydroxylation is 1. The highest BCUT2D eigenvalue weighted by molar-refractivity contribution is 5.96. The third-order valence-corrected chi connectivity index (χ3v) is 4.75. The Hall–Kier alpha value is -3.95. The van der Waals surface area contributed by atoms with Gasteiger partial charge in [0.25, 0.3) is 5.91 Å². The smallest absolute Gasteiger partial charge is 0.257 e. The molecule has 0 saturated carbocycles. The lowest BCUT2D eigenvalue weighted by molar-refractivity contribution is 0.0768. The molecule has 31 heavy (non-hydrogen) atoms. The lowest BCUT2D eigenvalue weighted by Crippen LogP contribution is -2.27. The minimum atomic E-state index is -0.772. The number of carbonyl (C=O) groups excluding carboxylic acids is 1. The maximum Gasteiger partial charge on any atom is 0.257 e. The number of pyridine rings is 1. The zero-order valence-corrected chi connectivity index (χ0v) is 17.0. The molecule has 0 N–H and O–H groups in total. The number of hydrogen-bond donors (Lipinski definition) is 0. The van der Waals surface area contributed by atoms with Crippen LogP contribution in [0.2, 0.25) is 0 Å². The average Bonchev–Trinajstić information content (AvgIpc) is 3.32. The molecular weight excluding hydrogens is 406 g/mol. The number of carbonyl (C=O) groups is 1. The summed E-state index contributed by atoms with van der Waals surface area (Å²) in [5.41, 5.74) is 1.92. The number of amides is 1. The van der Waals surface area contributed by atoms with E-state index < -0.39 is 11.6 Å². The van der Waals surface area contributed by atoms with Crippen molar-refractivity contribution in [3.05, 3.63) is 77.2 Å². The van der Waals surface area contributed by atoms with Crippen LogP contribution < -0.4 is 0 Å². The summed E-state index contributed by atoms with van der Waals surface area (Å²) in [6, 6.07) is 6.74. The second kappa shape index (κ2) is 8.05. The number of rotatable bonds is 5. The van der Waals surface area contributed by atoms with Crippen molar-refractivity contribution in [1.29, 1.82) is 0 Å². The largest absolute Gasteiger partial charge is 0.337 e. The van der Waals surface area contributed by atoms with Crippen molar-refractivity contribution >= 4 is 5.91 Å². The molecule has 0 aliphatic carbocycles. The average molecular weight is 424 g/mol. The summed E-state index contributed by atoms with van der Waals surface area (Å²) in [6.45, 7) is 3.37. The van der Waals surface area contributed by atoms with Crippen LogP contribution in [0, 0.1) is 25.5 Å². The van der Waals surface area contributed by atoms with E-state index in [0.29, 0.717) is 28.3 Å². The molecule has 1 amide bonds. The maximum absolute atomic E-state index is 14.2. The van der Waals surface area contributed by atoms with E-state index in [2.05, 4.69) is 20.2 Å². The molecule has 4 aromatic rings. The molecule has 10 heteroatoms. The van der Waals surface area contributed by atoms with Crippen LogP contribution >= 0.6 is 0 Å². The first-order valence-electron chi connectivity index (χ1n) is 9.35. The number of benzene rings is 1. The van der Waals surface area contributed by atoms with E-state index in [4.69, 9.17) is 4.52 Å². The number of hydrogen-bond acceptors (Lipinski definition) is 6. The van der Waals surface area contributed by atoms with Gasteiger partial charge in [-0.15, -0.1) is 0 Å². The molecule has 3 heterocycles. The van der Waals surface area contributed by atoms with Crippen molar-refractivity contribution in [1.82, 2.24) is 29.8 Å². The van der Waals surface area contributed by atoms with E-state index in [-0.39, 0.29) is 24.0 Å². The van der Waals surface area contributed by atoms with Crippen molar-refractivity contribution in [3.63, 3.8) is 0 Å². The summed E-state index contributed by atoms with van der Waals surface area (Å²) >= 11 is 0. The van der Waals surface area contributed by atoms with Gasteiger partial charge >= 0.3 is 0 Å². The van der Waals surface area contributed by atoms with Crippen molar-refractivity contribution in [3.8, 4) is 17.1 Å². The van der Waals surface area contributed by atoms with Crippen LogP contribution in [0.3, 0.4) is 0 Å². The summed E-state index contributed by atoms with van der Waals surface area (Å²) < 4.78 is 34.0. The Balaban J connectivity index is 1.57. The number of nitrogens with zero attached hydrogens (tertiary/aromatic N) is 6. The minimum Gasteiger partial charge on any atom is -0.337 e. The predicted molar refractivity (Wildman–Crippen MR) is 106 cm³/mol. The Kier molecular flexibility index (Phi) is 5.28. The van der Waals surface area contributed by atoms with Crippen molar-refractivity contribution in [2.75, 3.05) is 7.05 Å². The van der Waals surface area contributed by atoms with Crippen LogP contribution in [0.1, 0.15) is 27.6 Å². The lowest BCUT2D eigenvalue weighted by atomic mass is 10.1. The molecule has 0 atom stereocenters. The van der Waals surface area contributed by atoms with Gasteiger partial charge in [0.15, 0.2) is 5.82 Å². The number of halogens is 2. The summed E-state index contributed by atoms with van der Waals surface area (Å²) in [4.78, 5) is 22.8. The second-order valence-electron chi connectivity index (χ2n) is 6.97. The lowest BCUT2D eigenvalue weighted by Gasteiger charge is -2.15. The van der Waals surface area contributed by atoms with Gasteiger partial charge < -0.3 is 9.42 Å². The molecule has 0 bridgehead atoms. The highest BCUT2D eigenvalue weighted by Crippen LogP contribution is 2.22. The summed E-state index contributed by atoms with van der Waals surface area (Å²) in [7, 11) is 1.59. The predicted octanol–water partition coefficient (Wildman–Crippen LogP) is 3.48. The van der Waals surface area contributed by atoms with Gasteiger partial charge in [0.05, 0.1) is 17.0 Å². The quantitative estimate of drug-likeness (QED) is 0.487. The monoisotopic (exact) mass is 424 g/mol. The van der Waals surface area contributed by atoms with Crippen LogP contribution in [0.15, 0.2) is 47.2 Å². The molecule has 4 rings (SSSR count). The SMILES string of the molecule is Cc1nn(-c2ccc(F)cc2F)c(C)c1C(=O)N(C)Cc1nc(-c2cccnc2)no1. The molecule has 1 aromatic carbocycles. The standard InChI is InChI=1S/C21H18F2N6O2/c1-12-19(13(2)29(26-12)17-7-6-15(22)9-16(17)23)21(30)28(3)11-18-25-20(27-31-18)14-5-4-8-24-10-14/h4-10H,11H2,1-3H3. The molecule has 0 aliphatic heterocycles. The van der Waals surface area contributed by atoms with Gasteiger partial charge in [-0.3, -0.25) is 9.78 Å². The van der Waals surface area contributed by atoms with Crippen LogP contribution in [0.25, 0.3) is 17.1 Å². The fourth-order valence-corrected chi connectivity index (χ4v) is 3.24. The first-order chi connectivity index (χ1) is 14.8. The number of aromatic nitrogens is 5. The van der Waals surface area contributed by atoms with Crippen molar-refractivity contribution < 1.29 is 18.1 Å². The topological polar surface area (TPSA) is 89.9 Å². The van der Waals surface area contributed by atoms with Crippen LogP contribution in [0.5, 0.6) is 0 Å². The summed E-state index contributed by atoms with van der Waals surface area (Å²) in [5, 5.41) is 8.19. The van der Waals surface area contributed by atoms with Gasteiger partial charge in [-0.05, 0) is 38.1 Å². The van der Waals surface area contributed by atoms with Gasteiger partial charge in [-0.1, -0.05) is 5.16 Å². The summed E-state index contributed by atoms with van der Waals surface area (Å²) in [6.07, 6.45) is 3.25.